The van der Waals surface area contributed by atoms with Gasteiger partial charge in [0.05, 0.1) is 15.4 Å². The van der Waals surface area contributed by atoms with Crippen molar-refractivity contribution in [3.63, 3.8) is 0 Å². The molecule has 0 unspecified atom stereocenters. The number of carbonyl (C=O) groups is 3. The lowest BCUT2D eigenvalue weighted by molar-refractivity contribution is -0.385. The van der Waals surface area contributed by atoms with Gasteiger partial charge in [0.15, 0.2) is 0 Å². The lowest BCUT2D eigenvalue weighted by Crippen LogP contribution is -2.45. The van der Waals surface area contributed by atoms with Gasteiger partial charge in [-0.1, -0.05) is 6.07 Å². The van der Waals surface area contributed by atoms with Crippen molar-refractivity contribution < 1.29 is 24.2 Å². The van der Waals surface area contributed by atoms with Gasteiger partial charge in [0.2, 0.25) is 0 Å². The van der Waals surface area contributed by atoms with E-state index in [-0.39, 0.29) is 16.8 Å². The molecule has 0 aliphatic carbocycles. The first kappa shape index (κ1) is 16.7. The van der Waals surface area contributed by atoms with Gasteiger partial charge in [-0.05, 0) is 18.2 Å². The number of imide groups is 1. The number of hydrogen-bond donors (Lipinski definition) is 1. The number of rotatable bonds is 4. The van der Waals surface area contributed by atoms with Crippen LogP contribution in [0.15, 0.2) is 42.5 Å². The smallest absolute Gasteiger partial charge is 0.267 e. The molecule has 3 amide bonds. The van der Waals surface area contributed by atoms with Gasteiger partial charge in [-0.15, -0.1) is 0 Å². The maximum Gasteiger partial charge on any atom is 0.287 e. The summed E-state index contributed by atoms with van der Waals surface area (Å²) in [5, 5.41) is 22.0. The first-order valence-electron chi connectivity index (χ1n) is 7.03. The molecule has 0 saturated carbocycles. The quantitative estimate of drug-likeness (QED) is 0.494. The third kappa shape index (κ3) is 2.62. The van der Waals surface area contributed by atoms with Crippen LogP contribution in [0.4, 0.5) is 11.4 Å². The zero-order valence-electron chi connectivity index (χ0n) is 12.7. The minimum atomic E-state index is -1.03. The molecule has 11 heteroatoms. The second kappa shape index (κ2) is 6.05. The van der Waals surface area contributed by atoms with Gasteiger partial charge in [-0.2, -0.15) is 5.01 Å². The Morgan fingerprint density at radius 3 is 2.15 bits per heavy atom. The Morgan fingerprint density at radius 2 is 1.58 bits per heavy atom. The van der Waals surface area contributed by atoms with Crippen LogP contribution < -0.4 is 5.43 Å². The number of nitrogens with zero attached hydrogens (tertiary/aromatic N) is 3. The van der Waals surface area contributed by atoms with Crippen molar-refractivity contribution in [2.24, 2.45) is 0 Å². The Labute approximate surface area is 144 Å². The lowest BCUT2D eigenvalue weighted by atomic mass is 10.1. The fraction of sp³-hybridized carbons (Fsp3) is 0. The zero-order chi connectivity index (χ0) is 19.0. The molecule has 0 aromatic heterocycles. The van der Waals surface area contributed by atoms with Crippen molar-refractivity contribution in [3.05, 3.63) is 79.4 Å². The molecule has 0 spiro atoms. The molecule has 0 fully saturated rings. The molecule has 0 radical (unpaired) electrons. The van der Waals surface area contributed by atoms with Gasteiger partial charge in [0.25, 0.3) is 29.1 Å². The van der Waals surface area contributed by atoms with Gasteiger partial charge in [-0.25, -0.2) is 0 Å². The highest BCUT2D eigenvalue weighted by molar-refractivity contribution is 6.23. The summed E-state index contributed by atoms with van der Waals surface area (Å²) < 4.78 is 0. The molecule has 2 aromatic carbocycles. The number of amides is 3. The molecular weight excluding hydrogens is 348 g/mol. The summed E-state index contributed by atoms with van der Waals surface area (Å²) >= 11 is 0. The summed E-state index contributed by atoms with van der Waals surface area (Å²) in [6.45, 7) is 0. The number of carbonyl (C=O) groups excluding carboxylic acids is 3. The molecule has 130 valence electrons. The third-order valence-electron chi connectivity index (χ3n) is 3.64. The summed E-state index contributed by atoms with van der Waals surface area (Å²) in [5.74, 6) is -2.83. The second-order valence-corrected chi connectivity index (χ2v) is 5.15. The average Bonchev–Trinajstić information content (AvgIpc) is 2.86. The highest BCUT2D eigenvalue weighted by Crippen LogP contribution is 2.29. The minimum absolute atomic E-state index is 0.0401. The molecule has 11 nitrogen and oxygen atoms in total. The second-order valence-electron chi connectivity index (χ2n) is 5.15. The molecule has 0 saturated heterocycles. The van der Waals surface area contributed by atoms with Crippen LogP contribution in [-0.4, -0.2) is 32.6 Å². The van der Waals surface area contributed by atoms with E-state index in [0.717, 1.165) is 30.3 Å². The third-order valence-corrected chi connectivity index (χ3v) is 3.64. The van der Waals surface area contributed by atoms with E-state index in [4.69, 9.17) is 0 Å². The summed E-state index contributed by atoms with van der Waals surface area (Å²) in [5.41, 5.74) is 0.622. The van der Waals surface area contributed by atoms with E-state index in [1.165, 1.54) is 12.1 Å². The van der Waals surface area contributed by atoms with Gasteiger partial charge in [0.1, 0.15) is 5.56 Å². The number of non-ortho nitro benzene ring substituents is 1. The normalized spacial score (nSPS) is 12.7. The van der Waals surface area contributed by atoms with E-state index in [1.54, 1.807) is 0 Å². The number of nitro benzene ring substituents is 2. The van der Waals surface area contributed by atoms with Crippen LogP contribution in [0, 0.1) is 20.2 Å². The van der Waals surface area contributed by atoms with Crippen molar-refractivity contribution >= 4 is 29.1 Å². The largest absolute Gasteiger partial charge is 0.287 e. The average molecular weight is 356 g/mol. The highest BCUT2D eigenvalue weighted by atomic mass is 16.6. The van der Waals surface area contributed by atoms with Crippen LogP contribution in [0.2, 0.25) is 0 Å². The molecule has 1 heterocycles. The molecular formula is C15H8N4O7. The van der Waals surface area contributed by atoms with E-state index >= 15 is 0 Å². The zero-order valence-corrected chi connectivity index (χ0v) is 12.7. The topological polar surface area (TPSA) is 153 Å². The number of hydrogen-bond acceptors (Lipinski definition) is 7. The van der Waals surface area contributed by atoms with E-state index in [0.29, 0.717) is 5.01 Å². The maximum absolute atomic E-state index is 12.3. The van der Waals surface area contributed by atoms with Crippen LogP contribution in [0.3, 0.4) is 0 Å². The number of nitrogens with one attached hydrogen (secondary N) is 1. The minimum Gasteiger partial charge on any atom is -0.267 e. The number of nitro groups is 2. The Bertz CT molecular complexity index is 984. The van der Waals surface area contributed by atoms with Crippen LogP contribution in [0.1, 0.15) is 31.1 Å². The Kier molecular flexibility index (Phi) is 3.89. The summed E-state index contributed by atoms with van der Waals surface area (Å²) in [4.78, 5) is 57.0. The Hall–Kier alpha value is -4.15. The first-order valence-corrected chi connectivity index (χ1v) is 7.03. The van der Waals surface area contributed by atoms with E-state index in [1.807, 2.05) is 0 Å². The van der Waals surface area contributed by atoms with Crippen LogP contribution in [0.5, 0.6) is 0 Å². The summed E-state index contributed by atoms with van der Waals surface area (Å²) in [7, 11) is 0. The molecule has 1 aliphatic rings. The van der Waals surface area contributed by atoms with Gasteiger partial charge in [0, 0.05) is 23.8 Å². The van der Waals surface area contributed by atoms with Gasteiger partial charge < -0.3 is 0 Å². The fourth-order valence-electron chi connectivity index (χ4n) is 2.42. The van der Waals surface area contributed by atoms with E-state index < -0.39 is 38.8 Å². The molecule has 1 N–H and O–H groups in total. The predicted octanol–water partition coefficient (Wildman–Crippen LogP) is 1.44. The van der Waals surface area contributed by atoms with E-state index in [2.05, 4.69) is 5.43 Å². The summed E-state index contributed by atoms with van der Waals surface area (Å²) in [6.07, 6.45) is 0. The van der Waals surface area contributed by atoms with Crippen molar-refractivity contribution in [1.29, 1.82) is 0 Å². The summed E-state index contributed by atoms with van der Waals surface area (Å²) in [6, 6.07) is 8.03. The predicted molar refractivity (Wildman–Crippen MR) is 84.2 cm³/mol. The molecule has 1 aliphatic heterocycles. The fourth-order valence-corrected chi connectivity index (χ4v) is 2.42. The molecule has 0 bridgehead atoms. The molecule has 2 aromatic rings. The van der Waals surface area contributed by atoms with Gasteiger partial charge >= 0.3 is 0 Å². The Morgan fingerprint density at radius 1 is 0.923 bits per heavy atom. The number of hydrazine groups is 1. The van der Waals surface area contributed by atoms with Crippen molar-refractivity contribution in [3.8, 4) is 0 Å². The highest BCUT2D eigenvalue weighted by Gasteiger charge is 2.42. The van der Waals surface area contributed by atoms with Crippen molar-refractivity contribution in [2.45, 2.75) is 0 Å². The SMILES string of the molecule is O=C(NN1C(=O)c2cccc([N+](=O)[O-])c2C1=O)c1ccc([N+](=O)[O-])cc1. The Balaban J connectivity index is 1.87. The van der Waals surface area contributed by atoms with Crippen LogP contribution >= 0.6 is 0 Å². The number of benzene rings is 2. The molecule has 3 rings (SSSR count). The monoisotopic (exact) mass is 356 g/mol. The molecule has 26 heavy (non-hydrogen) atoms. The van der Waals surface area contributed by atoms with Crippen molar-refractivity contribution in [2.75, 3.05) is 0 Å². The van der Waals surface area contributed by atoms with E-state index in [9.17, 15) is 34.6 Å². The first-order chi connectivity index (χ1) is 12.3. The maximum atomic E-state index is 12.3. The molecule has 0 atom stereocenters. The number of fused-ring (bicyclic) bond motifs is 1. The van der Waals surface area contributed by atoms with Gasteiger partial charge in [-0.3, -0.25) is 40.0 Å². The van der Waals surface area contributed by atoms with Crippen LogP contribution in [-0.2, 0) is 0 Å². The standard InChI is InChI=1S/C15H8N4O7/c20-13(8-4-6-9(7-5-8)18(23)24)16-17-14(21)10-2-1-3-11(19(25)26)12(10)15(17)22/h1-7H,(H,16,20). The lowest BCUT2D eigenvalue weighted by Gasteiger charge is -2.14. The van der Waals surface area contributed by atoms with Crippen LogP contribution in [0.25, 0.3) is 0 Å². The van der Waals surface area contributed by atoms with Crippen molar-refractivity contribution in [1.82, 2.24) is 10.4 Å².